The summed E-state index contributed by atoms with van der Waals surface area (Å²) in [7, 11) is 0. The molecule has 306 valence electrons. The fourth-order valence-corrected chi connectivity index (χ4v) is 11.6. The van der Waals surface area contributed by atoms with E-state index < -0.39 is 0 Å². The van der Waals surface area contributed by atoms with Gasteiger partial charge in [-0.25, -0.2) is 15.0 Å². The molecule has 0 saturated carbocycles. The SMILES string of the molecule is c1ccc2cc3c(cc2c1)c1ccccc1n3-c1c2ccccc2c(-c2nc(-c3ccc4c(c3)oc3ccccc34)nc(-c3ccc4c(c3)sc3ccccc34)n2)c2oc3ccccc3c12. The molecule has 0 bridgehead atoms. The van der Waals surface area contributed by atoms with Crippen molar-refractivity contribution in [2.45, 2.75) is 0 Å². The second-order valence-corrected chi connectivity index (χ2v) is 18.1. The van der Waals surface area contributed by atoms with E-state index in [-0.39, 0.29) is 0 Å². The predicted molar refractivity (Wildman–Crippen MR) is 273 cm³/mol. The maximum absolute atomic E-state index is 7.13. The number of nitrogens with zero attached hydrogens (tertiary/aromatic N) is 4. The Morgan fingerprint density at radius 2 is 0.939 bits per heavy atom. The van der Waals surface area contributed by atoms with Gasteiger partial charge in [-0.05, 0) is 70.8 Å². The van der Waals surface area contributed by atoms with Gasteiger partial charge in [0.25, 0.3) is 0 Å². The summed E-state index contributed by atoms with van der Waals surface area (Å²) < 4.78 is 18.4. The first-order valence-corrected chi connectivity index (χ1v) is 22.9. The van der Waals surface area contributed by atoms with E-state index in [9.17, 15) is 0 Å². The zero-order chi connectivity index (χ0) is 43.0. The van der Waals surface area contributed by atoms with E-state index in [1.807, 2.05) is 24.3 Å². The lowest BCUT2D eigenvalue weighted by atomic mass is 9.96. The number of rotatable bonds is 4. The van der Waals surface area contributed by atoms with Gasteiger partial charge in [-0.15, -0.1) is 11.3 Å². The van der Waals surface area contributed by atoms with Gasteiger partial charge in [0, 0.05) is 63.6 Å². The monoisotopic (exact) mass is 860 g/mol. The van der Waals surface area contributed by atoms with Crippen LogP contribution < -0.4 is 0 Å². The molecular formula is C59H32N4O2S. The number of furan rings is 2. The Morgan fingerprint density at radius 1 is 0.364 bits per heavy atom. The highest BCUT2D eigenvalue weighted by Gasteiger charge is 2.27. The Morgan fingerprint density at radius 3 is 1.76 bits per heavy atom. The molecule has 10 aromatic carbocycles. The van der Waals surface area contributed by atoms with Gasteiger partial charge in [-0.2, -0.15) is 0 Å². The summed E-state index contributed by atoms with van der Waals surface area (Å²) in [5.74, 6) is 1.64. The molecule has 0 spiro atoms. The topological polar surface area (TPSA) is 69.9 Å². The molecule has 0 aliphatic heterocycles. The molecule has 15 aromatic rings. The van der Waals surface area contributed by atoms with E-state index >= 15 is 0 Å². The highest BCUT2D eigenvalue weighted by atomic mass is 32.1. The van der Waals surface area contributed by atoms with Gasteiger partial charge in [0.05, 0.1) is 27.7 Å². The molecule has 0 fully saturated rings. The normalized spacial score (nSPS) is 12.2. The Labute approximate surface area is 379 Å². The molecule has 7 heteroatoms. The van der Waals surface area contributed by atoms with Crippen LogP contribution in [0.3, 0.4) is 0 Å². The van der Waals surface area contributed by atoms with Crippen LogP contribution in [0.1, 0.15) is 0 Å². The van der Waals surface area contributed by atoms with Crippen LogP contribution >= 0.6 is 11.3 Å². The van der Waals surface area contributed by atoms with E-state index in [2.05, 4.69) is 174 Å². The number of aromatic nitrogens is 4. The number of fused-ring (bicyclic) bond motifs is 14. The van der Waals surface area contributed by atoms with Crippen LogP contribution in [0.5, 0.6) is 0 Å². The van der Waals surface area contributed by atoms with Gasteiger partial charge >= 0.3 is 0 Å². The highest BCUT2D eigenvalue weighted by Crippen LogP contribution is 2.48. The van der Waals surface area contributed by atoms with Crippen LogP contribution in [0.25, 0.3) is 147 Å². The van der Waals surface area contributed by atoms with E-state index in [1.54, 1.807) is 11.3 Å². The third-order valence-corrected chi connectivity index (χ3v) is 14.5. The van der Waals surface area contributed by atoms with E-state index in [0.717, 1.165) is 82.5 Å². The van der Waals surface area contributed by atoms with Gasteiger partial charge in [0.15, 0.2) is 17.5 Å². The van der Waals surface area contributed by atoms with Crippen molar-refractivity contribution in [1.29, 1.82) is 0 Å². The predicted octanol–water partition coefficient (Wildman–Crippen LogP) is 16.4. The molecule has 0 unspecified atom stereocenters. The van der Waals surface area contributed by atoms with E-state index in [1.165, 1.54) is 41.7 Å². The lowest BCUT2D eigenvalue weighted by Crippen LogP contribution is -2.02. The molecule has 0 saturated heterocycles. The van der Waals surface area contributed by atoms with Gasteiger partial charge in [0.2, 0.25) is 0 Å². The van der Waals surface area contributed by atoms with Crippen LogP contribution in [0.4, 0.5) is 0 Å². The molecule has 0 N–H and O–H groups in total. The van der Waals surface area contributed by atoms with Crippen molar-refractivity contribution in [3.8, 4) is 39.9 Å². The third kappa shape index (κ3) is 5.08. The summed E-state index contributed by atoms with van der Waals surface area (Å²) in [4.78, 5) is 16.2. The fraction of sp³-hybridized carbons (Fsp3) is 0. The summed E-state index contributed by atoms with van der Waals surface area (Å²) in [5, 5.41) is 13.4. The average molecular weight is 861 g/mol. The number of hydrogen-bond donors (Lipinski definition) is 0. The summed E-state index contributed by atoms with van der Waals surface area (Å²) in [5.41, 5.74) is 8.96. The number of para-hydroxylation sites is 3. The van der Waals surface area contributed by atoms with Crippen molar-refractivity contribution < 1.29 is 8.83 Å². The Kier molecular flexibility index (Phi) is 7.28. The maximum Gasteiger partial charge on any atom is 0.168 e. The number of hydrogen-bond acceptors (Lipinski definition) is 6. The van der Waals surface area contributed by atoms with E-state index in [4.69, 9.17) is 23.8 Å². The first-order chi connectivity index (χ1) is 32.7. The lowest BCUT2D eigenvalue weighted by Gasteiger charge is -2.17. The molecule has 5 heterocycles. The molecule has 0 atom stereocenters. The minimum atomic E-state index is 0.524. The maximum atomic E-state index is 7.13. The summed E-state index contributed by atoms with van der Waals surface area (Å²) in [6.07, 6.45) is 0. The molecule has 0 radical (unpaired) electrons. The minimum Gasteiger partial charge on any atom is -0.456 e. The van der Waals surface area contributed by atoms with Gasteiger partial charge < -0.3 is 13.4 Å². The number of benzene rings is 10. The standard InChI is InChI=1S/C59H32N4O2S/c1-2-14-34-30-47-45(29-33(34)13-1)37-15-5-9-21-46(37)63(47)55-43-19-4-3-18-42(43)54(56-53(55)44-20-7-11-23-49(44)65-56)59-61-57(35-25-27-39-38-16-6-10-22-48(38)64-50(39)31-35)60-58(62-59)36-26-28-41-40-17-8-12-24-51(40)66-52(41)32-36/h1-32H. The van der Waals surface area contributed by atoms with Crippen molar-refractivity contribution >= 4 is 119 Å². The van der Waals surface area contributed by atoms with Crippen molar-refractivity contribution in [3.05, 3.63) is 194 Å². The second kappa shape index (κ2) is 13.4. The number of thiophene rings is 1. The zero-order valence-electron chi connectivity index (χ0n) is 35.0. The lowest BCUT2D eigenvalue weighted by molar-refractivity contribution is 0.668. The van der Waals surface area contributed by atoms with Gasteiger partial charge in [-0.1, -0.05) is 140 Å². The Balaban J connectivity index is 1.06. The van der Waals surface area contributed by atoms with Crippen molar-refractivity contribution in [2.75, 3.05) is 0 Å². The van der Waals surface area contributed by atoms with Crippen LogP contribution in [-0.4, -0.2) is 19.5 Å². The van der Waals surface area contributed by atoms with Crippen molar-refractivity contribution in [1.82, 2.24) is 19.5 Å². The van der Waals surface area contributed by atoms with Crippen molar-refractivity contribution in [3.63, 3.8) is 0 Å². The Bertz CT molecular complexity index is 4420. The zero-order valence-corrected chi connectivity index (χ0v) is 35.8. The summed E-state index contributed by atoms with van der Waals surface area (Å²) in [6.45, 7) is 0. The molecule has 6 nitrogen and oxygen atoms in total. The van der Waals surface area contributed by atoms with Gasteiger partial charge in [0.1, 0.15) is 22.3 Å². The average Bonchev–Trinajstić information content (AvgIpc) is 4.13. The molecule has 15 rings (SSSR count). The summed E-state index contributed by atoms with van der Waals surface area (Å²) in [6, 6.07) is 68.5. The summed E-state index contributed by atoms with van der Waals surface area (Å²) >= 11 is 1.78. The Hall–Kier alpha value is -8.65. The fourth-order valence-electron chi connectivity index (χ4n) is 10.4. The first-order valence-electron chi connectivity index (χ1n) is 22.1. The smallest absolute Gasteiger partial charge is 0.168 e. The molecular weight excluding hydrogens is 829 g/mol. The third-order valence-electron chi connectivity index (χ3n) is 13.4. The molecule has 0 amide bonds. The quantitative estimate of drug-likeness (QED) is 0.176. The second-order valence-electron chi connectivity index (χ2n) is 17.1. The molecule has 5 aromatic heterocycles. The van der Waals surface area contributed by atoms with Crippen LogP contribution in [0.15, 0.2) is 203 Å². The van der Waals surface area contributed by atoms with Crippen LogP contribution in [-0.2, 0) is 0 Å². The molecule has 0 aliphatic rings. The molecule has 0 aliphatic carbocycles. The van der Waals surface area contributed by atoms with Gasteiger partial charge in [-0.3, -0.25) is 0 Å². The first kappa shape index (κ1) is 35.8. The highest BCUT2D eigenvalue weighted by molar-refractivity contribution is 7.25. The van der Waals surface area contributed by atoms with Crippen LogP contribution in [0, 0.1) is 0 Å². The molecule has 66 heavy (non-hydrogen) atoms. The van der Waals surface area contributed by atoms with Crippen molar-refractivity contribution in [2.24, 2.45) is 0 Å². The van der Waals surface area contributed by atoms with Crippen LogP contribution in [0.2, 0.25) is 0 Å². The largest absolute Gasteiger partial charge is 0.456 e. The minimum absolute atomic E-state index is 0.524. The van der Waals surface area contributed by atoms with E-state index in [0.29, 0.717) is 23.1 Å².